The van der Waals surface area contributed by atoms with Gasteiger partial charge in [0.25, 0.3) is 0 Å². The Morgan fingerprint density at radius 3 is 2.65 bits per heavy atom. The average Bonchev–Trinajstić information content (AvgIpc) is 3.11. The molecule has 0 amide bonds. The van der Waals surface area contributed by atoms with Gasteiger partial charge >= 0.3 is 5.97 Å². The zero-order chi connectivity index (χ0) is 16.1. The van der Waals surface area contributed by atoms with Gasteiger partial charge in [0.05, 0.1) is 0 Å². The van der Waals surface area contributed by atoms with Crippen molar-refractivity contribution in [2.75, 3.05) is 6.54 Å². The number of carbonyl (C=O) groups excluding carboxylic acids is 1. The van der Waals surface area contributed by atoms with Crippen LogP contribution in [0.1, 0.15) is 44.1 Å². The van der Waals surface area contributed by atoms with Crippen molar-refractivity contribution in [1.82, 2.24) is 5.32 Å². The van der Waals surface area contributed by atoms with E-state index >= 15 is 0 Å². The smallest absolute Gasteiger partial charge is 0.336 e. The summed E-state index contributed by atoms with van der Waals surface area (Å²) in [4.78, 5) is 12.1. The summed E-state index contributed by atoms with van der Waals surface area (Å²) in [5, 5.41) is 13.6. The molecule has 0 bridgehead atoms. The molecule has 1 saturated carbocycles. The minimum absolute atomic E-state index is 0.162. The molecule has 126 valence electrons. The second-order valence-corrected chi connectivity index (χ2v) is 6.95. The second-order valence-electron chi connectivity index (χ2n) is 6.95. The standard InChI is InChI=1S/C19H27NO3/c21-18(19(22)23-13-14-7-3-1-4-8-14)17-11-16(12-20-17)15-9-5-2-6-10-15/h1,3-4,7-8,15-18,20-21H,2,5-6,9-13H2. The Hall–Kier alpha value is -1.39. The maximum atomic E-state index is 12.1. The van der Waals surface area contributed by atoms with Gasteiger partial charge < -0.3 is 15.2 Å². The largest absolute Gasteiger partial charge is 0.459 e. The van der Waals surface area contributed by atoms with Crippen LogP contribution in [0.4, 0.5) is 0 Å². The molecule has 2 aliphatic rings. The van der Waals surface area contributed by atoms with E-state index in [0.29, 0.717) is 5.92 Å². The summed E-state index contributed by atoms with van der Waals surface area (Å²) in [5.41, 5.74) is 0.938. The first-order chi connectivity index (χ1) is 11.2. The summed E-state index contributed by atoms with van der Waals surface area (Å²) in [6.07, 6.45) is 6.43. The number of esters is 1. The highest BCUT2D eigenvalue weighted by Gasteiger charge is 2.37. The summed E-state index contributed by atoms with van der Waals surface area (Å²) in [6.45, 7) is 1.13. The summed E-state index contributed by atoms with van der Waals surface area (Å²) >= 11 is 0. The molecule has 1 saturated heterocycles. The molecule has 2 fully saturated rings. The van der Waals surface area contributed by atoms with Gasteiger partial charge in [-0.05, 0) is 30.4 Å². The van der Waals surface area contributed by atoms with Crippen LogP contribution in [0.5, 0.6) is 0 Å². The topological polar surface area (TPSA) is 58.6 Å². The van der Waals surface area contributed by atoms with Crippen molar-refractivity contribution >= 4 is 5.97 Å². The molecule has 3 unspecified atom stereocenters. The number of ether oxygens (including phenoxy) is 1. The maximum absolute atomic E-state index is 12.1. The van der Waals surface area contributed by atoms with E-state index in [-0.39, 0.29) is 12.6 Å². The van der Waals surface area contributed by atoms with Gasteiger partial charge in [0.2, 0.25) is 0 Å². The van der Waals surface area contributed by atoms with E-state index in [1.807, 2.05) is 30.3 Å². The van der Waals surface area contributed by atoms with E-state index in [0.717, 1.165) is 24.4 Å². The van der Waals surface area contributed by atoms with Crippen LogP contribution in [0, 0.1) is 11.8 Å². The Balaban J connectivity index is 1.46. The first kappa shape index (κ1) is 16.5. The summed E-state index contributed by atoms with van der Waals surface area (Å²) in [7, 11) is 0. The van der Waals surface area contributed by atoms with Gasteiger partial charge in [0, 0.05) is 6.04 Å². The monoisotopic (exact) mass is 317 g/mol. The molecule has 2 N–H and O–H groups in total. The Morgan fingerprint density at radius 2 is 1.91 bits per heavy atom. The molecule has 1 aromatic carbocycles. The van der Waals surface area contributed by atoms with Gasteiger partial charge in [-0.3, -0.25) is 0 Å². The van der Waals surface area contributed by atoms with Crippen LogP contribution in [0.3, 0.4) is 0 Å². The van der Waals surface area contributed by atoms with Gasteiger partial charge in [0.1, 0.15) is 6.61 Å². The van der Waals surface area contributed by atoms with Crippen LogP contribution in [0.2, 0.25) is 0 Å². The Bertz CT molecular complexity index is 499. The third-order valence-electron chi connectivity index (χ3n) is 5.36. The number of rotatable bonds is 5. The number of aliphatic hydroxyl groups excluding tert-OH is 1. The van der Waals surface area contributed by atoms with Crippen LogP contribution < -0.4 is 5.32 Å². The lowest BCUT2D eigenvalue weighted by Crippen LogP contribution is -2.41. The fourth-order valence-corrected chi connectivity index (χ4v) is 3.98. The SMILES string of the molecule is O=C(OCc1ccccc1)C(O)C1CC(C2CCCCC2)CN1. The lowest BCUT2D eigenvalue weighted by atomic mass is 9.79. The summed E-state index contributed by atoms with van der Waals surface area (Å²) < 4.78 is 5.25. The van der Waals surface area contributed by atoms with Crippen LogP contribution in [-0.2, 0) is 16.1 Å². The molecule has 4 heteroatoms. The van der Waals surface area contributed by atoms with Crippen LogP contribution in [-0.4, -0.2) is 29.8 Å². The van der Waals surface area contributed by atoms with E-state index in [9.17, 15) is 9.90 Å². The molecule has 23 heavy (non-hydrogen) atoms. The van der Waals surface area contributed by atoms with Gasteiger partial charge in [-0.25, -0.2) is 4.79 Å². The third-order valence-corrected chi connectivity index (χ3v) is 5.36. The Morgan fingerprint density at radius 1 is 1.17 bits per heavy atom. The van der Waals surface area contributed by atoms with E-state index in [1.165, 1.54) is 32.1 Å². The molecular weight excluding hydrogens is 290 g/mol. The van der Waals surface area contributed by atoms with E-state index < -0.39 is 12.1 Å². The van der Waals surface area contributed by atoms with Crippen molar-refractivity contribution in [3.8, 4) is 0 Å². The second kappa shape index (κ2) is 7.93. The number of hydrogen-bond donors (Lipinski definition) is 2. The Labute approximate surface area is 138 Å². The number of aliphatic hydroxyl groups is 1. The zero-order valence-corrected chi connectivity index (χ0v) is 13.6. The normalized spacial score (nSPS) is 26.8. The first-order valence-electron chi connectivity index (χ1n) is 8.86. The van der Waals surface area contributed by atoms with Crippen molar-refractivity contribution < 1.29 is 14.6 Å². The number of nitrogens with one attached hydrogen (secondary N) is 1. The summed E-state index contributed by atoms with van der Waals surface area (Å²) in [6, 6.07) is 9.40. The van der Waals surface area contributed by atoms with Crippen molar-refractivity contribution in [3.05, 3.63) is 35.9 Å². The molecular formula is C19H27NO3. The van der Waals surface area contributed by atoms with E-state index in [1.54, 1.807) is 0 Å². The average molecular weight is 317 g/mol. The van der Waals surface area contributed by atoms with Crippen LogP contribution in [0.15, 0.2) is 30.3 Å². The number of hydrogen-bond acceptors (Lipinski definition) is 4. The molecule has 4 nitrogen and oxygen atoms in total. The number of carbonyl (C=O) groups is 1. The van der Waals surface area contributed by atoms with E-state index in [4.69, 9.17) is 4.74 Å². The maximum Gasteiger partial charge on any atom is 0.336 e. The zero-order valence-electron chi connectivity index (χ0n) is 13.6. The number of benzene rings is 1. The van der Waals surface area contributed by atoms with Crippen molar-refractivity contribution in [2.45, 2.75) is 57.3 Å². The lowest BCUT2D eigenvalue weighted by molar-refractivity contribution is -0.156. The molecule has 0 spiro atoms. The van der Waals surface area contributed by atoms with Crippen LogP contribution in [0.25, 0.3) is 0 Å². The first-order valence-corrected chi connectivity index (χ1v) is 8.86. The highest BCUT2D eigenvalue weighted by Crippen LogP contribution is 2.34. The lowest BCUT2D eigenvalue weighted by Gasteiger charge is -2.27. The van der Waals surface area contributed by atoms with Crippen LogP contribution >= 0.6 is 0 Å². The van der Waals surface area contributed by atoms with E-state index in [2.05, 4.69) is 5.32 Å². The minimum atomic E-state index is -1.06. The predicted molar refractivity (Wildman–Crippen MR) is 88.7 cm³/mol. The van der Waals surface area contributed by atoms with Gasteiger partial charge in [-0.15, -0.1) is 0 Å². The minimum Gasteiger partial charge on any atom is -0.459 e. The highest BCUT2D eigenvalue weighted by atomic mass is 16.5. The Kier molecular flexibility index (Phi) is 5.68. The van der Waals surface area contributed by atoms with Crippen molar-refractivity contribution in [1.29, 1.82) is 0 Å². The van der Waals surface area contributed by atoms with Crippen molar-refractivity contribution in [3.63, 3.8) is 0 Å². The predicted octanol–water partition coefficient (Wildman–Crippen LogP) is 2.65. The van der Waals surface area contributed by atoms with Gasteiger partial charge in [-0.1, -0.05) is 62.4 Å². The fourth-order valence-electron chi connectivity index (χ4n) is 3.98. The fraction of sp³-hybridized carbons (Fsp3) is 0.632. The highest BCUT2D eigenvalue weighted by molar-refractivity contribution is 5.75. The van der Waals surface area contributed by atoms with Gasteiger partial charge in [-0.2, -0.15) is 0 Å². The molecule has 1 aromatic rings. The summed E-state index contributed by atoms with van der Waals surface area (Å²) in [5.74, 6) is 0.835. The van der Waals surface area contributed by atoms with Crippen molar-refractivity contribution in [2.24, 2.45) is 11.8 Å². The molecule has 3 atom stereocenters. The molecule has 3 rings (SSSR count). The van der Waals surface area contributed by atoms with Gasteiger partial charge in [0.15, 0.2) is 6.10 Å². The third kappa shape index (κ3) is 4.33. The molecule has 0 radical (unpaired) electrons. The molecule has 1 aliphatic heterocycles. The molecule has 1 aliphatic carbocycles. The quantitative estimate of drug-likeness (QED) is 0.820. The molecule has 1 heterocycles. The molecule has 0 aromatic heterocycles.